The van der Waals surface area contributed by atoms with Gasteiger partial charge in [0.15, 0.2) is 5.65 Å². The summed E-state index contributed by atoms with van der Waals surface area (Å²) in [5.41, 5.74) is 11.0. The van der Waals surface area contributed by atoms with E-state index in [4.69, 9.17) is 5.73 Å². The van der Waals surface area contributed by atoms with Crippen LogP contribution in [0.5, 0.6) is 0 Å². The molecule has 0 aliphatic carbocycles. The second kappa shape index (κ2) is 7.83. The number of aromatic nitrogens is 3. The van der Waals surface area contributed by atoms with Crippen LogP contribution in [0.15, 0.2) is 87.7 Å². The van der Waals surface area contributed by atoms with Crippen molar-refractivity contribution in [3.8, 4) is 0 Å². The maximum Gasteiger partial charge on any atom is 0.212 e. The van der Waals surface area contributed by atoms with E-state index in [0.29, 0.717) is 11.0 Å². The lowest BCUT2D eigenvalue weighted by Crippen LogP contribution is -2.06. The summed E-state index contributed by atoms with van der Waals surface area (Å²) in [6.07, 6.45) is 1.62. The van der Waals surface area contributed by atoms with Crippen molar-refractivity contribution in [2.45, 2.75) is 23.6 Å². The summed E-state index contributed by atoms with van der Waals surface area (Å²) in [7, 11) is -3.97. The molecule has 2 heterocycles. The molecule has 0 amide bonds. The number of para-hydroxylation sites is 2. The van der Waals surface area contributed by atoms with Gasteiger partial charge in [-0.15, -0.1) is 0 Å². The summed E-state index contributed by atoms with van der Waals surface area (Å²) in [4.78, 5) is 9.31. The molecule has 0 radical (unpaired) electrons. The minimum atomic E-state index is -3.97. The smallest absolute Gasteiger partial charge is 0.212 e. The largest absolute Gasteiger partial charge is 0.382 e. The van der Waals surface area contributed by atoms with Gasteiger partial charge in [0, 0.05) is 0 Å². The zero-order valence-electron chi connectivity index (χ0n) is 18.1. The van der Waals surface area contributed by atoms with Gasteiger partial charge < -0.3 is 5.73 Å². The van der Waals surface area contributed by atoms with E-state index >= 15 is 0 Å². The van der Waals surface area contributed by atoms with Crippen molar-refractivity contribution in [3.05, 3.63) is 89.5 Å². The summed E-state index contributed by atoms with van der Waals surface area (Å²) < 4.78 is 28.6. The van der Waals surface area contributed by atoms with Crippen molar-refractivity contribution in [1.82, 2.24) is 14.6 Å². The molecular weight excluding hydrogens is 434 g/mol. The molecule has 8 heteroatoms. The van der Waals surface area contributed by atoms with Crippen LogP contribution in [0.1, 0.15) is 16.7 Å². The number of hydrogen-bond acceptors (Lipinski definition) is 6. The van der Waals surface area contributed by atoms with E-state index in [1.165, 1.54) is 4.68 Å². The Kier molecular flexibility index (Phi) is 4.94. The molecule has 0 saturated heterocycles. The van der Waals surface area contributed by atoms with Crippen LogP contribution in [-0.4, -0.2) is 29.3 Å². The summed E-state index contributed by atoms with van der Waals surface area (Å²) in [5.74, 6) is -0.0377. The van der Waals surface area contributed by atoms with Crippen molar-refractivity contribution in [3.63, 3.8) is 0 Å². The number of benzene rings is 3. The highest BCUT2D eigenvalue weighted by Gasteiger charge is 2.30. The molecule has 0 saturated carbocycles. The molecule has 0 atom stereocenters. The quantitative estimate of drug-likeness (QED) is 0.402. The van der Waals surface area contributed by atoms with Gasteiger partial charge in [0.1, 0.15) is 16.2 Å². The average Bonchev–Trinajstić information content (AvgIpc) is 3.08. The standard InChI is InChI=1S/C25H21N5O2S/c1-16-7-11-18(12-8-16)15-27-30-24(26)23(33(31,32)19-13-9-17(2)10-14-19)22-25(30)29-21-6-4-3-5-20(21)28-22/h3-15H,26H2,1-2H3. The van der Waals surface area contributed by atoms with Gasteiger partial charge in [-0.2, -0.15) is 9.78 Å². The molecule has 0 aliphatic rings. The highest BCUT2D eigenvalue weighted by Crippen LogP contribution is 2.35. The Morgan fingerprint density at radius 1 is 0.848 bits per heavy atom. The van der Waals surface area contributed by atoms with Crippen LogP contribution in [0, 0.1) is 13.8 Å². The van der Waals surface area contributed by atoms with E-state index in [2.05, 4.69) is 15.1 Å². The van der Waals surface area contributed by atoms with Gasteiger partial charge in [0.2, 0.25) is 9.84 Å². The van der Waals surface area contributed by atoms with Crippen LogP contribution in [0.4, 0.5) is 5.82 Å². The highest BCUT2D eigenvalue weighted by molar-refractivity contribution is 7.92. The number of fused-ring (bicyclic) bond motifs is 2. The summed E-state index contributed by atoms with van der Waals surface area (Å²) in [6.45, 7) is 3.90. The molecule has 3 aromatic carbocycles. The molecule has 0 fully saturated rings. The van der Waals surface area contributed by atoms with Gasteiger partial charge in [-0.1, -0.05) is 59.7 Å². The molecule has 2 N–H and O–H groups in total. The van der Waals surface area contributed by atoms with Crippen LogP contribution >= 0.6 is 0 Å². The lowest BCUT2D eigenvalue weighted by Gasteiger charge is -2.05. The molecule has 2 aromatic heterocycles. The van der Waals surface area contributed by atoms with Crippen LogP contribution < -0.4 is 5.73 Å². The Labute approximate surface area is 191 Å². The summed E-state index contributed by atoms with van der Waals surface area (Å²) in [6, 6.07) is 21.7. The van der Waals surface area contributed by atoms with Gasteiger partial charge in [-0.3, -0.25) is 0 Å². The Morgan fingerprint density at radius 2 is 1.42 bits per heavy atom. The number of aryl methyl sites for hydroxylation is 2. The number of rotatable bonds is 4. The lowest BCUT2D eigenvalue weighted by atomic mass is 10.2. The predicted octanol–water partition coefficient (Wildman–Crippen LogP) is 4.50. The molecular formula is C25H21N5O2S. The van der Waals surface area contributed by atoms with Gasteiger partial charge >= 0.3 is 0 Å². The van der Waals surface area contributed by atoms with Crippen molar-refractivity contribution in [1.29, 1.82) is 0 Å². The van der Waals surface area contributed by atoms with Crippen molar-refractivity contribution < 1.29 is 8.42 Å². The zero-order valence-corrected chi connectivity index (χ0v) is 18.9. The van der Waals surface area contributed by atoms with Crippen LogP contribution in [0.3, 0.4) is 0 Å². The number of hydrogen-bond donors (Lipinski definition) is 1. The van der Waals surface area contributed by atoms with E-state index in [1.54, 1.807) is 36.5 Å². The molecule has 5 rings (SSSR count). The van der Waals surface area contributed by atoms with Gasteiger partial charge in [0.25, 0.3) is 0 Å². The monoisotopic (exact) mass is 455 g/mol. The minimum absolute atomic E-state index is 0.0377. The second-order valence-electron chi connectivity index (χ2n) is 7.88. The summed E-state index contributed by atoms with van der Waals surface area (Å²) in [5, 5.41) is 4.48. The number of anilines is 1. The Morgan fingerprint density at radius 3 is 2.06 bits per heavy atom. The van der Waals surface area contributed by atoms with Gasteiger partial charge in [0.05, 0.1) is 22.1 Å². The molecule has 164 valence electrons. The van der Waals surface area contributed by atoms with Crippen LogP contribution in [0.25, 0.3) is 22.2 Å². The van der Waals surface area contributed by atoms with E-state index in [-0.39, 0.29) is 26.8 Å². The molecule has 0 aliphatic heterocycles. The Bertz CT molecular complexity index is 1640. The third-order valence-electron chi connectivity index (χ3n) is 5.43. The molecule has 0 spiro atoms. The first-order valence-electron chi connectivity index (χ1n) is 10.3. The zero-order chi connectivity index (χ0) is 23.2. The molecule has 5 aromatic rings. The Balaban J connectivity index is 1.78. The van der Waals surface area contributed by atoms with Crippen molar-refractivity contribution in [2.24, 2.45) is 5.10 Å². The Hall–Kier alpha value is -4.04. The third-order valence-corrected chi connectivity index (χ3v) is 7.26. The molecule has 33 heavy (non-hydrogen) atoms. The first kappa shape index (κ1) is 20.8. The average molecular weight is 456 g/mol. The van der Waals surface area contributed by atoms with E-state index in [9.17, 15) is 8.42 Å². The first-order chi connectivity index (χ1) is 15.8. The molecule has 0 bridgehead atoms. The van der Waals surface area contributed by atoms with E-state index in [1.807, 2.05) is 56.3 Å². The maximum absolute atomic E-state index is 13.6. The highest BCUT2D eigenvalue weighted by atomic mass is 32.2. The van der Waals surface area contributed by atoms with E-state index < -0.39 is 9.84 Å². The topological polar surface area (TPSA) is 103 Å². The number of nitrogens with two attached hydrogens (primary N) is 1. The van der Waals surface area contributed by atoms with Gasteiger partial charge in [-0.25, -0.2) is 18.4 Å². The number of nitrogens with zero attached hydrogens (tertiary/aromatic N) is 4. The first-order valence-corrected chi connectivity index (χ1v) is 11.8. The SMILES string of the molecule is Cc1ccc(C=Nn2c(N)c(S(=O)(=O)c3ccc(C)cc3)c3nc4ccccc4nc32)cc1. The lowest BCUT2D eigenvalue weighted by molar-refractivity contribution is 0.597. The fourth-order valence-corrected chi connectivity index (χ4v) is 5.10. The second-order valence-corrected chi connectivity index (χ2v) is 9.77. The van der Waals surface area contributed by atoms with Crippen LogP contribution in [-0.2, 0) is 9.84 Å². The van der Waals surface area contributed by atoms with Crippen molar-refractivity contribution in [2.75, 3.05) is 5.73 Å². The number of nitrogen functional groups attached to an aromatic ring is 1. The predicted molar refractivity (Wildman–Crippen MR) is 130 cm³/mol. The fourth-order valence-electron chi connectivity index (χ4n) is 3.62. The minimum Gasteiger partial charge on any atom is -0.382 e. The maximum atomic E-state index is 13.6. The normalized spacial score (nSPS) is 12.2. The fraction of sp³-hybridized carbons (Fsp3) is 0.0800. The number of sulfone groups is 1. The molecule has 0 unspecified atom stereocenters. The van der Waals surface area contributed by atoms with Crippen molar-refractivity contribution >= 4 is 44.1 Å². The van der Waals surface area contributed by atoms with Crippen LogP contribution in [0.2, 0.25) is 0 Å². The van der Waals surface area contributed by atoms with Gasteiger partial charge in [-0.05, 0) is 43.7 Å². The van der Waals surface area contributed by atoms with E-state index in [0.717, 1.165) is 16.7 Å². The molecule has 7 nitrogen and oxygen atoms in total. The summed E-state index contributed by atoms with van der Waals surface area (Å²) >= 11 is 0. The third kappa shape index (κ3) is 3.64.